The van der Waals surface area contributed by atoms with E-state index in [-0.39, 0.29) is 17.3 Å². The number of aromatic amines is 1. The molecule has 3 aromatic rings. The molecule has 1 aliphatic rings. The minimum atomic E-state index is -0.0546. The number of aryl methyl sites for hydroxylation is 2. The van der Waals surface area contributed by atoms with E-state index in [1.54, 1.807) is 0 Å². The molecule has 0 atom stereocenters. The molecule has 8 heteroatoms. The van der Waals surface area contributed by atoms with E-state index in [9.17, 15) is 9.59 Å². The Bertz CT molecular complexity index is 1140. The van der Waals surface area contributed by atoms with Crippen LogP contribution >= 0.6 is 11.8 Å². The first-order valence-electron chi connectivity index (χ1n) is 11.0. The second kappa shape index (κ2) is 9.32. The number of thioether (sulfide) groups is 1. The Hall–Kier alpha value is -2.87. The maximum Gasteiger partial charge on any atom is 0.232 e. The maximum absolute atomic E-state index is 13.0. The summed E-state index contributed by atoms with van der Waals surface area (Å²) in [7, 11) is 0. The predicted octanol–water partition coefficient (Wildman–Crippen LogP) is 4.69. The number of Topliss-reactive ketones (excluding diaryl/α,β-unsaturated/α-hetero) is 2. The number of piperidine rings is 1. The van der Waals surface area contributed by atoms with E-state index in [0.717, 1.165) is 48.8 Å². The van der Waals surface area contributed by atoms with E-state index in [4.69, 9.17) is 0 Å². The normalized spacial score (nSPS) is 14.1. The Labute approximate surface area is 192 Å². The van der Waals surface area contributed by atoms with E-state index in [0.29, 0.717) is 16.4 Å². The summed E-state index contributed by atoms with van der Waals surface area (Å²) >= 11 is 1.37. The van der Waals surface area contributed by atoms with Crippen LogP contribution in [0, 0.1) is 20.8 Å². The minimum Gasteiger partial charge on any atom is -0.355 e. The average Bonchev–Trinajstić information content (AvgIpc) is 3.33. The lowest BCUT2D eigenvalue weighted by Gasteiger charge is -2.27. The molecule has 0 bridgehead atoms. The highest BCUT2D eigenvalue weighted by atomic mass is 32.2. The molecule has 0 radical (unpaired) electrons. The average molecular weight is 452 g/mol. The van der Waals surface area contributed by atoms with Crippen molar-refractivity contribution in [2.24, 2.45) is 0 Å². The smallest absolute Gasteiger partial charge is 0.232 e. The highest BCUT2D eigenvalue weighted by Gasteiger charge is 2.24. The third-order valence-corrected chi connectivity index (χ3v) is 6.88. The van der Waals surface area contributed by atoms with Crippen molar-refractivity contribution >= 4 is 29.3 Å². The van der Waals surface area contributed by atoms with Crippen LogP contribution in [0.2, 0.25) is 0 Å². The van der Waals surface area contributed by atoms with Crippen LogP contribution in [0.25, 0.3) is 5.69 Å². The Morgan fingerprint density at radius 1 is 1.03 bits per heavy atom. The van der Waals surface area contributed by atoms with Crippen molar-refractivity contribution in [3.8, 4) is 5.69 Å². The first-order chi connectivity index (χ1) is 15.4. The number of aromatic nitrogens is 4. The molecule has 1 saturated heterocycles. The van der Waals surface area contributed by atoms with Gasteiger partial charge in [0, 0.05) is 24.3 Å². The van der Waals surface area contributed by atoms with Crippen molar-refractivity contribution < 1.29 is 9.59 Å². The van der Waals surface area contributed by atoms with Gasteiger partial charge in [-0.05, 0) is 64.7 Å². The number of carbonyl (C=O) groups excluding carboxylic acids is 2. The van der Waals surface area contributed by atoms with Crippen molar-refractivity contribution in [3.63, 3.8) is 0 Å². The zero-order chi connectivity index (χ0) is 22.8. The van der Waals surface area contributed by atoms with Gasteiger partial charge in [0.2, 0.25) is 5.95 Å². The summed E-state index contributed by atoms with van der Waals surface area (Å²) in [6.45, 7) is 9.16. The molecule has 1 N–H and O–H groups in total. The van der Waals surface area contributed by atoms with E-state index in [2.05, 4.69) is 55.8 Å². The lowest BCUT2D eigenvalue weighted by atomic mass is 10.1. The number of rotatable bonds is 7. The molecule has 0 saturated carbocycles. The van der Waals surface area contributed by atoms with Gasteiger partial charge in [0.1, 0.15) is 0 Å². The molecule has 0 amide bonds. The summed E-state index contributed by atoms with van der Waals surface area (Å²) in [6.07, 6.45) is 3.53. The van der Waals surface area contributed by atoms with Crippen molar-refractivity contribution in [2.75, 3.05) is 23.7 Å². The van der Waals surface area contributed by atoms with Crippen molar-refractivity contribution in [1.29, 1.82) is 0 Å². The molecule has 1 aromatic carbocycles. The van der Waals surface area contributed by atoms with Gasteiger partial charge in [-0.1, -0.05) is 29.5 Å². The van der Waals surface area contributed by atoms with Crippen LogP contribution in [0.4, 0.5) is 5.95 Å². The first kappa shape index (κ1) is 22.3. The quantitative estimate of drug-likeness (QED) is 0.414. The topological polar surface area (TPSA) is 83.9 Å². The summed E-state index contributed by atoms with van der Waals surface area (Å²) in [5.41, 5.74) is 4.73. The number of nitrogens with one attached hydrogen (secondary N) is 1. The molecular weight excluding hydrogens is 422 g/mol. The van der Waals surface area contributed by atoms with E-state index in [1.807, 2.05) is 13.8 Å². The third kappa shape index (κ3) is 4.37. The van der Waals surface area contributed by atoms with Crippen LogP contribution in [-0.2, 0) is 0 Å². The third-order valence-electron chi connectivity index (χ3n) is 5.95. The van der Waals surface area contributed by atoms with Crippen LogP contribution < -0.4 is 4.90 Å². The fourth-order valence-corrected chi connectivity index (χ4v) is 5.15. The van der Waals surface area contributed by atoms with Crippen LogP contribution in [0.15, 0.2) is 29.4 Å². The number of hydrogen-bond acceptors (Lipinski definition) is 6. The Morgan fingerprint density at radius 2 is 1.72 bits per heavy atom. The Balaban J connectivity index is 1.62. The van der Waals surface area contributed by atoms with Gasteiger partial charge >= 0.3 is 0 Å². The van der Waals surface area contributed by atoms with Gasteiger partial charge in [0.05, 0.1) is 17.1 Å². The zero-order valence-corrected chi connectivity index (χ0v) is 19.9. The highest BCUT2D eigenvalue weighted by Crippen LogP contribution is 2.29. The van der Waals surface area contributed by atoms with Crippen molar-refractivity contribution in [1.82, 2.24) is 19.7 Å². The van der Waals surface area contributed by atoms with E-state index in [1.165, 1.54) is 30.7 Å². The largest absolute Gasteiger partial charge is 0.355 e. The summed E-state index contributed by atoms with van der Waals surface area (Å²) in [4.78, 5) is 30.3. The van der Waals surface area contributed by atoms with Crippen molar-refractivity contribution in [2.45, 2.75) is 52.1 Å². The second-order valence-corrected chi connectivity index (χ2v) is 9.34. The van der Waals surface area contributed by atoms with Crippen LogP contribution in [-0.4, -0.2) is 50.2 Å². The van der Waals surface area contributed by atoms with Gasteiger partial charge in [-0.25, -0.2) is 0 Å². The lowest BCUT2D eigenvalue weighted by Crippen LogP contribution is -2.31. The molecular formula is C24H29N5O2S. The number of ketones is 2. The fourth-order valence-electron chi connectivity index (χ4n) is 4.33. The monoisotopic (exact) mass is 451 g/mol. The number of carbonyl (C=O) groups is 2. The second-order valence-electron chi connectivity index (χ2n) is 8.39. The van der Waals surface area contributed by atoms with Crippen LogP contribution in [0.3, 0.4) is 0 Å². The number of anilines is 1. The fraction of sp³-hybridized carbons (Fsp3) is 0.417. The van der Waals surface area contributed by atoms with Crippen LogP contribution in [0.1, 0.15) is 63.9 Å². The molecule has 168 valence electrons. The molecule has 1 aliphatic heterocycles. The molecule has 7 nitrogen and oxygen atoms in total. The summed E-state index contributed by atoms with van der Waals surface area (Å²) in [5, 5.41) is 9.64. The SMILES string of the molecule is CC(=O)c1c(C)[nH]c(C(=O)CSc2nnc(N3CCCCC3)n2-c2ccc(C)cc2)c1C. The predicted molar refractivity (Wildman–Crippen MR) is 127 cm³/mol. The summed E-state index contributed by atoms with van der Waals surface area (Å²) in [5.74, 6) is 0.950. The van der Waals surface area contributed by atoms with Crippen LogP contribution in [0.5, 0.6) is 0 Å². The zero-order valence-electron chi connectivity index (χ0n) is 19.1. The molecule has 0 spiro atoms. The van der Waals surface area contributed by atoms with E-state index >= 15 is 0 Å². The Morgan fingerprint density at radius 3 is 2.34 bits per heavy atom. The first-order valence-corrected chi connectivity index (χ1v) is 12.0. The standard InChI is InChI=1S/C24H29N5O2S/c1-15-8-10-19(11-9-15)29-23(28-12-6-5-7-13-28)26-27-24(29)32-14-20(31)22-16(2)21(18(4)30)17(3)25-22/h8-11,25H,5-7,12-14H2,1-4H3. The molecule has 2 aromatic heterocycles. The number of benzene rings is 1. The van der Waals surface area contributed by atoms with Crippen molar-refractivity contribution in [3.05, 3.63) is 52.3 Å². The Kier molecular flexibility index (Phi) is 6.50. The van der Waals surface area contributed by atoms with Gasteiger partial charge in [0.25, 0.3) is 0 Å². The number of hydrogen-bond donors (Lipinski definition) is 1. The molecule has 32 heavy (non-hydrogen) atoms. The van der Waals surface area contributed by atoms with Gasteiger partial charge in [0.15, 0.2) is 16.7 Å². The number of nitrogens with zero attached hydrogens (tertiary/aromatic N) is 4. The minimum absolute atomic E-state index is 0.0340. The molecule has 1 fully saturated rings. The van der Waals surface area contributed by atoms with Gasteiger partial charge in [-0.2, -0.15) is 0 Å². The molecule has 0 aliphatic carbocycles. The molecule has 4 rings (SSSR count). The summed E-state index contributed by atoms with van der Waals surface area (Å²) in [6, 6.07) is 8.28. The molecule has 0 unspecified atom stereocenters. The summed E-state index contributed by atoms with van der Waals surface area (Å²) < 4.78 is 2.05. The van der Waals surface area contributed by atoms with Gasteiger partial charge in [-0.15, -0.1) is 10.2 Å². The number of H-pyrrole nitrogens is 1. The highest BCUT2D eigenvalue weighted by molar-refractivity contribution is 7.99. The van der Waals surface area contributed by atoms with E-state index < -0.39 is 0 Å². The lowest BCUT2D eigenvalue weighted by molar-refractivity contribution is 0.101. The maximum atomic E-state index is 13.0. The van der Waals surface area contributed by atoms with Gasteiger partial charge < -0.3 is 9.88 Å². The molecule has 3 heterocycles. The van der Waals surface area contributed by atoms with Gasteiger partial charge in [-0.3, -0.25) is 14.2 Å².